The van der Waals surface area contributed by atoms with E-state index in [2.05, 4.69) is 40.6 Å². The lowest BCUT2D eigenvalue weighted by atomic mass is 9.82. The van der Waals surface area contributed by atoms with Crippen LogP contribution in [0.4, 0.5) is 5.69 Å². The molecule has 1 aromatic heterocycles. The summed E-state index contributed by atoms with van der Waals surface area (Å²) in [6.07, 6.45) is 9.45. The number of hydrogen-bond donors (Lipinski definition) is 2. The largest absolute Gasteiger partial charge is 0.404 e. The van der Waals surface area contributed by atoms with Crippen LogP contribution >= 0.6 is 0 Å². The van der Waals surface area contributed by atoms with E-state index in [9.17, 15) is 4.79 Å². The molecule has 1 heterocycles. The molecule has 4 rings (SSSR count). The molecule has 5 nitrogen and oxygen atoms in total. The number of nitrogens with one attached hydrogen (secondary N) is 1. The fourth-order valence-corrected chi connectivity index (χ4v) is 4.66. The van der Waals surface area contributed by atoms with Crippen molar-refractivity contribution in [1.29, 1.82) is 0 Å². The molecule has 0 aliphatic heterocycles. The van der Waals surface area contributed by atoms with Crippen molar-refractivity contribution in [2.24, 2.45) is 10.7 Å². The molecule has 0 atom stereocenters. The second-order valence-corrected chi connectivity index (χ2v) is 8.67. The molecule has 1 saturated carbocycles. The maximum atomic E-state index is 13.4. The average molecular weight is 441 g/mol. The predicted molar refractivity (Wildman–Crippen MR) is 138 cm³/mol. The van der Waals surface area contributed by atoms with Gasteiger partial charge in [0.15, 0.2) is 0 Å². The zero-order chi connectivity index (χ0) is 23.0. The van der Waals surface area contributed by atoms with Crippen molar-refractivity contribution < 1.29 is 0 Å². The lowest BCUT2D eigenvalue weighted by Gasteiger charge is -2.30. The van der Waals surface area contributed by atoms with Gasteiger partial charge < -0.3 is 15.6 Å². The minimum absolute atomic E-state index is 0.0161. The summed E-state index contributed by atoms with van der Waals surface area (Å²) < 4.78 is 1.76. The van der Waals surface area contributed by atoms with Crippen molar-refractivity contribution in [1.82, 2.24) is 4.57 Å². The smallest absolute Gasteiger partial charge is 0.274 e. The fourth-order valence-electron chi connectivity index (χ4n) is 4.66. The van der Waals surface area contributed by atoms with Gasteiger partial charge in [-0.05, 0) is 48.8 Å². The van der Waals surface area contributed by atoms with Crippen LogP contribution in [0.3, 0.4) is 0 Å². The monoisotopic (exact) mass is 440 g/mol. The zero-order valence-electron chi connectivity index (χ0n) is 19.2. The van der Waals surface area contributed by atoms with Gasteiger partial charge in [0, 0.05) is 42.8 Å². The molecule has 0 saturated heterocycles. The standard InChI is InChI=1S/C28H32N4O/c1-30-18-25(17-29)24-16-27(28(33)32(20-24)19-21-8-4-2-5-9-21)31-26-14-12-23(13-15-26)22-10-6-3-7-11-22/h2-11,16-18,20,23,26,31H,12-15,19,29H2,1H3. The highest BCUT2D eigenvalue weighted by molar-refractivity contribution is 6.09. The van der Waals surface area contributed by atoms with E-state index < -0.39 is 0 Å². The maximum Gasteiger partial charge on any atom is 0.274 e. The third-order valence-electron chi connectivity index (χ3n) is 6.42. The number of benzene rings is 2. The minimum atomic E-state index is -0.0161. The van der Waals surface area contributed by atoms with Crippen LogP contribution in [-0.4, -0.2) is 23.9 Å². The first-order valence-corrected chi connectivity index (χ1v) is 11.6. The second-order valence-electron chi connectivity index (χ2n) is 8.67. The summed E-state index contributed by atoms with van der Waals surface area (Å²) in [7, 11) is 1.72. The Labute approximate surface area is 195 Å². The molecule has 3 N–H and O–H groups in total. The van der Waals surface area contributed by atoms with Crippen molar-refractivity contribution in [3.05, 3.63) is 106 Å². The van der Waals surface area contributed by atoms with Gasteiger partial charge in [0.05, 0.1) is 6.54 Å². The van der Waals surface area contributed by atoms with Crippen molar-refractivity contribution in [3.8, 4) is 0 Å². The van der Waals surface area contributed by atoms with Crippen LogP contribution in [0, 0.1) is 0 Å². The van der Waals surface area contributed by atoms with Crippen LogP contribution in [0.15, 0.2) is 88.9 Å². The van der Waals surface area contributed by atoms with E-state index in [1.165, 1.54) is 11.8 Å². The first-order chi connectivity index (χ1) is 16.2. The molecule has 0 bridgehead atoms. The van der Waals surface area contributed by atoms with Gasteiger partial charge in [0.25, 0.3) is 5.56 Å². The van der Waals surface area contributed by atoms with E-state index in [-0.39, 0.29) is 11.6 Å². The number of nitrogens with zero attached hydrogens (tertiary/aromatic N) is 2. The Balaban J connectivity index is 1.57. The number of hydrogen-bond acceptors (Lipinski definition) is 4. The Hall–Kier alpha value is -3.60. The molecule has 1 aliphatic carbocycles. The van der Waals surface area contributed by atoms with E-state index in [0.717, 1.165) is 42.4 Å². The zero-order valence-corrected chi connectivity index (χ0v) is 19.2. The SMILES string of the molecule is CN=CC(=CN)c1cc(NC2CCC(c3ccccc3)CC2)c(=O)n(Cc2ccccc2)c1. The number of allylic oxidation sites excluding steroid dienone is 1. The molecule has 3 aromatic rings. The van der Waals surface area contributed by atoms with Crippen LogP contribution in [0.5, 0.6) is 0 Å². The molecule has 5 heteroatoms. The van der Waals surface area contributed by atoms with Crippen LogP contribution < -0.4 is 16.6 Å². The number of aromatic nitrogens is 1. The molecule has 0 spiro atoms. The Morgan fingerprint density at radius 1 is 1.06 bits per heavy atom. The number of nitrogens with two attached hydrogens (primary N) is 1. The summed E-state index contributed by atoms with van der Waals surface area (Å²) in [5, 5.41) is 3.56. The highest BCUT2D eigenvalue weighted by Gasteiger charge is 2.23. The van der Waals surface area contributed by atoms with Crippen LogP contribution in [0.25, 0.3) is 5.57 Å². The summed E-state index contributed by atoms with van der Waals surface area (Å²) in [5.74, 6) is 0.595. The molecule has 2 aromatic carbocycles. The van der Waals surface area contributed by atoms with Gasteiger partial charge in [-0.25, -0.2) is 0 Å². The van der Waals surface area contributed by atoms with E-state index in [4.69, 9.17) is 5.73 Å². The number of anilines is 1. The average Bonchev–Trinajstić information content (AvgIpc) is 2.86. The van der Waals surface area contributed by atoms with E-state index >= 15 is 0 Å². The Bertz CT molecular complexity index is 1160. The fraction of sp³-hybridized carbons (Fsp3) is 0.286. The number of pyridine rings is 1. The lowest BCUT2D eigenvalue weighted by Crippen LogP contribution is -2.31. The molecule has 1 aliphatic rings. The molecule has 0 radical (unpaired) electrons. The van der Waals surface area contributed by atoms with Gasteiger partial charge in [0.2, 0.25) is 0 Å². The van der Waals surface area contributed by atoms with Gasteiger partial charge in [-0.1, -0.05) is 60.7 Å². The number of rotatable bonds is 7. The van der Waals surface area contributed by atoms with Crippen molar-refractivity contribution in [2.75, 3.05) is 12.4 Å². The molecule has 1 fully saturated rings. The molecule has 0 amide bonds. The van der Waals surface area contributed by atoms with Gasteiger partial charge in [0.1, 0.15) is 5.69 Å². The molecule has 0 unspecified atom stereocenters. The topological polar surface area (TPSA) is 72.4 Å². The summed E-state index contributed by atoms with van der Waals surface area (Å²) >= 11 is 0. The third-order valence-corrected chi connectivity index (χ3v) is 6.42. The van der Waals surface area contributed by atoms with Crippen molar-refractivity contribution >= 4 is 17.5 Å². The summed E-state index contributed by atoms with van der Waals surface area (Å²) in [6.45, 7) is 0.504. The van der Waals surface area contributed by atoms with E-state index in [1.54, 1.807) is 17.8 Å². The predicted octanol–water partition coefficient (Wildman–Crippen LogP) is 5.04. The lowest BCUT2D eigenvalue weighted by molar-refractivity contribution is 0.412. The highest BCUT2D eigenvalue weighted by Crippen LogP contribution is 2.33. The van der Waals surface area contributed by atoms with Gasteiger partial charge in [-0.15, -0.1) is 0 Å². The van der Waals surface area contributed by atoms with E-state index in [0.29, 0.717) is 18.2 Å². The summed E-state index contributed by atoms with van der Waals surface area (Å²) in [6, 6.07) is 23.0. The summed E-state index contributed by atoms with van der Waals surface area (Å²) in [4.78, 5) is 17.5. The first-order valence-electron chi connectivity index (χ1n) is 11.6. The van der Waals surface area contributed by atoms with Crippen molar-refractivity contribution in [2.45, 2.75) is 44.2 Å². The summed E-state index contributed by atoms with van der Waals surface area (Å²) in [5.41, 5.74) is 10.6. The van der Waals surface area contributed by atoms with Crippen molar-refractivity contribution in [3.63, 3.8) is 0 Å². The molecular weight excluding hydrogens is 408 g/mol. The van der Waals surface area contributed by atoms with E-state index in [1.807, 2.05) is 42.6 Å². The Morgan fingerprint density at radius 2 is 1.73 bits per heavy atom. The molecule has 170 valence electrons. The van der Waals surface area contributed by atoms with Crippen LogP contribution in [0.2, 0.25) is 0 Å². The molecular formula is C28H32N4O. The van der Waals surface area contributed by atoms with Crippen LogP contribution in [-0.2, 0) is 6.54 Å². The number of aliphatic imine (C=N–C) groups is 1. The third kappa shape index (κ3) is 5.61. The van der Waals surface area contributed by atoms with Gasteiger partial charge >= 0.3 is 0 Å². The normalized spacial score (nSPS) is 19.0. The van der Waals surface area contributed by atoms with Crippen LogP contribution in [0.1, 0.15) is 48.3 Å². The minimum Gasteiger partial charge on any atom is -0.404 e. The Morgan fingerprint density at radius 3 is 2.36 bits per heavy atom. The van der Waals surface area contributed by atoms with Gasteiger partial charge in [-0.3, -0.25) is 9.79 Å². The second kappa shape index (κ2) is 10.8. The Kier molecular flexibility index (Phi) is 7.40. The van der Waals surface area contributed by atoms with Gasteiger partial charge in [-0.2, -0.15) is 0 Å². The quantitative estimate of drug-likeness (QED) is 0.506. The first kappa shape index (κ1) is 22.6. The maximum absolute atomic E-state index is 13.4. The molecule has 33 heavy (non-hydrogen) atoms. The highest BCUT2D eigenvalue weighted by atomic mass is 16.1.